The van der Waals surface area contributed by atoms with Crippen LogP contribution in [0.5, 0.6) is 11.5 Å². The molecule has 0 heterocycles. The fraction of sp³-hybridized carbons (Fsp3) is 0.235. The number of rotatable bonds is 5. The molecule has 11 heteroatoms. The van der Waals surface area contributed by atoms with Crippen LogP contribution in [0.15, 0.2) is 36.4 Å². The Morgan fingerprint density at radius 3 is 2.29 bits per heavy atom. The van der Waals surface area contributed by atoms with E-state index in [1.807, 2.05) is 0 Å². The van der Waals surface area contributed by atoms with E-state index in [9.17, 15) is 28.1 Å². The van der Waals surface area contributed by atoms with E-state index < -0.39 is 38.6 Å². The SMILES string of the molecule is CS(C)(C)OC(=O)c1cc(Oc2ccc(C(F)(F)F)cc2Cl)ccc1[N+](=O)[O-]. The number of benzene rings is 2. The first-order chi connectivity index (χ1) is 12.8. The molecule has 0 saturated heterocycles. The fourth-order valence-electron chi connectivity index (χ4n) is 2.06. The van der Waals surface area contributed by atoms with Gasteiger partial charge in [-0.05, 0) is 43.0 Å². The van der Waals surface area contributed by atoms with Crippen molar-refractivity contribution in [2.45, 2.75) is 6.18 Å². The Labute approximate surface area is 164 Å². The van der Waals surface area contributed by atoms with Gasteiger partial charge in [-0.2, -0.15) is 13.2 Å². The molecule has 0 saturated carbocycles. The predicted molar refractivity (Wildman–Crippen MR) is 100 cm³/mol. The van der Waals surface area contributed by atoms with Crippen LogP contribution in [0.1, 0.15) is 15.9 Å². The van der Waals surface area contributed by atoms with E-state index >= 15 is 0 Å². The van der Waals surface area contributed by atoms with Gasteiger partial charge in [-0.1, -0.05) is 21.9 Å². The Kier molecular flexibility index (Phi) is 6.15. The molecule has 0 atom stereocenters. The summed E-state index contributed by atoms with van der Waals surface area (Å²) in [6.45, 7) is 0. The number of carbonyl (C=O) groups excluding carboxylic acids is 1. The standard InChI is InChI=1S/C17H15ClF3NO5S/c1-28(2,3)27-16(23)12-9-11(5-6-14(12)22(24)25)26-15-7-4-10(8-13(15)18)17(19,20)21/h4-9H,1-3H3. The lowest BCUT2D eigenvalue weighted by Gasteiger charge is -2.24. The molecule has 0 unspecified atom stereocenters. The maximum Gasteiger partial charge on any atom is 0.416 e. The first-order valence-corrected chi connectivity index (χ1v) is 10.7. The van der Waals surface area contributed by atoms with Crippen LogP contribution in [-0.4, -0.2) is 29.7 Å². The average Bonchev–Trinajstić information content (AvgIpc) is 2.54. The van der Waals surface area contributed by atoms with Gasteiger partial charge in [0.2, 0.25) is 0 Å². The zero-order valence-electron chi connectivity index (χ0n) is 14.9. The summed E-state index contributed by atoms with van der Waals surface area (Å²) in [5.74, 6) is -1.04. The second kappa shape index (κ2) is 7.88. The van der Waals surface area contributed by atoms with E-state index in [0.717, 1.165) is 24.3 Å². The lowest BCUT2D eigenvalue weighted by atomic mass is 10.1. The molecule has 6 nitrogen and oxygen atoms in total. The van der Waals surface area contributed by atoms with Crippen molar-refractivity contribution < 1.29 is 31.8 Å². The van der Waals surface area contributed by atoms with Gasteiger partial charge in [-0.25, -0.2) is 4.79 Å². The Bertz CT molecular complexity index is 928. The Balaban J connectivity index is 2.38. The minimum absolute atomic E-state index is 0.0249. The maximum absolute atomic E-state index is 12.7. The average molecular weight is 438 g/mol. The Morgan fingerprint density at radius 2 is 1.79 bits per heavy atom. The van der Waals surface area contributed by atoms with Crippen LogP contribution in [0.3, 0.4) is 0 Å². The predicted octanol–water partition coefficient (Wildman–Crippen LogP) is 5.83. The Morgan fingerprint density at radius 1 is 1.14 bits per heavy atom. The second-order valence-electron chi connectivity index (χ2n) is 6.28. The van der Waals surface area contributed by atoms with Gasteiger partial charge in [-0.3, -0.25) is 10.1 Å². The highest BCUT2D eigenvalue weighted by molar-refractivity contribution is 8.28. The highest BCUT2D eigenvalue weighted by atomic mass is 35.5. The molecular weight excluding hydrogens is 423 g/mol. The third kappa shape index (κ3) is 5.52. The summed E-state index contributed by atoms with van der Waals surface area (Å²) in [5.41, 5.74) is -1.78. The summed E-state index contributed by atoms with van der Waals surface area (Å²) < 4.78 is 48.8. The van der Waals surface area contributed by atoms with Gasteiger partial charge < -0.3 is 8.92 Å². The number of ether oxygens (including phenoxy) is 1. The molecule has 2 aromatic carbocycles. The Hall–Kier alpha value is -2.46. The molecule has 0 aliphatic heterocycles. The molecule has 0 radical (unpaired) electrons. The zero-order valence-corrected chi connectivity index (χ0v) is 16.4. The number of alkyl halides is 3. The molecule has 28 heavy (non-hydrogen) atoms. The van der Waals surface area contributed by atoms with Crippen molar-refractivity contribution in [3.8, 4) is 11.5 Å². The minimum atomic E-state index is -4.57. The topological polar surface area (TPSA) is 78.7 Å². The normalized spacial score (nSPS) is 12.4. The number of halogens is 4. The van der Waals surface area contributed by atoms with Gasteiger partial charge in [0.05, 0.1) is 15.5 Å². The number of hydrogen-bond donors (Lipinski definition) is 0. The largest absolute Gasteiger partial charge is 0.456 e. The van der Waals surface area contributed by atoms with E-state index in [2.05, 4.69) is 0 Å². The van der Waals surface area contributed by atoms with Crippen LogP contribution in [-0.2, 0) is 10.4 Å². The van der Waals surface area contributed by atoms with Crippen LogP contribution in [0, 0.1) is 10.1 Å². The summed E-state index contributed by atoms with van der Waals surface area (Å²) in [6.07, 6.45) is 0.471. The van der Waals surface area contributed by atoms with E-state index in [1.54, 1.807) is 18.8 Å². The monoisotopic (exact) mass is 437 g/mol. The van der Waals surface area contributed by atoms with Crippen molar-refractivity contribution in [3.63, 3.8) is 0 Å². The van der Waals surface area contributed by atoms with Crippen molar-refractivity contribution in [2.75, 3.05) is 18.8 Å². The summed E-state index contributed by atoms with van der Waals surface area (Å²) >= 11 is 5.83. The van der Waals surface area contributed by atoms with Crippen LogP contribution in [0.2, 0.25) is 5.02 Å². The van der Waals surface area contributed by atoms with Gasteiger partial charge in [0.25, 0.3) is 5.69 Å². The summed E-state index contributed by atoms with van der Waals surface area (Å²) in [4.78, 5) is 22.7. The molecule has 0 aromatic heterocycles. The van der Waals surface area contributed by atoms with Gasteiger partial charge in [0, 0.05) is 12.1 Å². The third-order valence-corrected chi connectivity index (χ3v) is 4.14. The zero-order chi connectivity index (χ0) is 21.3. The third-order valence-electron chi connectivity index (χ3n) is 3.20. The number of hydrogen-bond acceptors (Lipinski definition) is 5. The molecule has 0 spiro atoms. The van der Waals surface area contributed by atoms with E-state index in [0.29, 0.717) is 6.07 Å². The van der Waals surface area contributed by atoms with Crippen LogP contribution >= 0.6 is 21.9 Å². The first-order valence-electron chi connectivity index (χ1n) is 7.53. The molecule has 2 aromatic rings. The molecule has 0 N–H and O–H groups in total. The van der Waals surface area contributed by atoms with Crippen molar-refractivity contribution in [2.24, 2.45) is 0 Å². The molecular formula is C17H15ClF3NO5S. The van der Waals surface area contributed by atoms with E-state index in [1.165, 1.54) is 6.07 Å². The summed E-state index contributed by atoms with van der Waals surface area (Å²) in [6, 6.07) is 5.82. The van der Waals surface area contributed by atoms with Crippen LogP contribution < -0.4 is 4.74 Å². The quantitative estimate of drug-likeness (QED) is 0.434. The van der Waals surface area contributed by atoms with Crippen LogP contribution in [0.25, 0.3) is 0 Å². The highest BCUT2D eigenvalue weighted by Crippen LogP contribution is 2.40. The molecule has 0 aliphatic carbocycles. The fourth-order valence-corrected chi connectivity index (χ4v) is 2.82. The van der Waals surface area contributed by atoms with Crippen molar-refractivity contribution in [3.05, 3.63) is 62.7 Å². The van der Waals surface area contributed by atoms with E-state index in [-0.39, 0.29) is 22.1 Å². The molecule has 152 valence electrons. The summed E-state index contributed by atoms with van der Waals surface area (Å²) in [7, 11) is -1.75. The molecule has 0 amide bonds. The van der Waals surface area contributed by atoms with Crippen molar-refractivity contribution >= 4 is 33.6 Å². The minimum Gasteiger partial charge on any atom is -0.456 e. The summed E-state index contributed by atoms with van der Waals surface area (Å²) in [5, 5.41) is 10.9. The smallest absolute Gasteiger partial charge is 0.416 e. The molecule has 0 bridgehead atoms. The van der Waals surface area contributed by atoms with Gasteiger partial charge in [0.15, 0.2) is 0 Å². The molecule has 0 aliphatic rings. The van der Waals surface area contributed by atoms with Gasteiger partial charge in [-0.15, -0.1) is 0 Å². The number of nitro benzene ring substituents is 1. The highest BCUT2D eigenvalue weighted by Gasteiger charge is 2.31. The number of nitrogens with zero attached hydrogens (tertiary/aromatic N) is 1. The number of carbonyl (C=O) groups is 1. The van der Waals surface area contributed by atoms with Crippen molar-refractivity contribution in [1.82, 2.24) is 0 Å². The second-order valence-corrected chi connectivity index (χ2v) is 10.3. The van der Waals surface area contributed by atoms with Gasteiger partial charge >= 0.3 is 12.1 Å². The molecule has 0 fully saturated rings. The maximum atomic E-state index is 12.7. The lowest BCUT2D eigenvalue weighted by molar-refractivity contribution is -0.385. The van der Waals surface area contributed by atoms with Crippen molar-refractivity contribution in [1.29, 1.82) is 0 Å². The van der Waals surface area contributed by atoms with Gasteiger partial charge in [0.1, 0.15) is 17.1 Å². The first kappa shape index (κ1) is 21.8. The number of nitro groups is 1. The lowest BCUT2D eigenvalue weighted by Crippen LogP contribution is -2.11. The van der Waals surface area contributed by atoms with Crippen LogP contribution in [0.4, 0.5) is 18.9 Å². The van der Waals surface area contributed by atoms with E-state index in [4.69, 9.17) is 20.5 Å². The molecule has 2 rings (SSSR count).